The molecule has 1 unspecified atom stereocenters. The van der Waals surface area contributed by atoms with Crippen LogP contribution < -0.4 is 19.1 Å². The van der Waals surface area contributed by atoms with Crippen LogP contribution in [-0.2, 0) is 17.8 Å². The Morgan fingerprint density at radius 3 is 2.64 bits per heavy atom. The molecule has 0 N–H and O–H groups in total. The van der Waals surface area contributed by atoms with Crippen molar-refractivity contribution in [3.05, 3.63) is 78.1 Å². The Kier molecular flexibility index (Phi) is 5.97. The normalized spacial score (nSPS) is 17.1. The van der Waals surface area contributed by atoms with Crippen LogP contribution in [0.25, 0.3) is 11.0 Å². The number of carbonyl (C=O) groups excluding carboxylic acids is 1. The standard InChI is InChI=1S/C29H29N3O4/c1-2-20-7-10-23(11-8-20)34-14-13-31-25-6-4-3-5-24(25)30-29(31)21-17-28(33)32(19-21)22-9-12-26-27(18-22)36-16-15-35-26/h3-12,18,21H,2,13-17,19H2,1H3. The van der Waals surface area contributed by atoms with Crippen molar-refractivity contribution in [2.24, 2.45) is 0 Å². The van der Waals surface area contributed by atoms with Gasteiger partial charge in [0.1, 0.15) is 31.4 Å². The third-order valence-corrected chi connectivity index (χ3v) is 6.93. The fraction of sp³-hybridized carbons (Fsp3) is 0.310. The van der Waals surface area contributed by atoms with Crippen LogP contribution >= 0.6 is 0 Å². The van der Waals surface area contributed by atoms with Gasteiger partial charge in [0, 0.05) is 30.6 Å². The first-order valence-corrected chi connectivity index (χ1v) is 12.6. The molecule has 36 heavy (non-hydrogen) atoms. The minimum atomic E-state index is -0.0121. The molecule has 0 radical (unpaired) electrons. The van der Waals surface area contributed by atoms with Crippen LogP contribution in [0.5, 0.6) is 17.2 Å². The quantitative estimate of drug-likeness (QED) is 0.371. The van der Waals surface area contributed by atoms with Crippen LogP contribution in [0.3, 0.4) is 0 Å². The summed E-state index contributed by atoms with van der Waals surface area (Å²) < 4.78 is 19.6. The number of rotatable bonds is 7. The highest BCUT2D eigenvalue weighted by Gasteiger charge is 2.35. The Morgan fingerprint density at radius 1 is 1.00 bits per heavy atom. The topological polar surface area (TPSA) is 65.8 Å². The molecule has 184 valence electrons. The third-order valence-electron chi connectivity index (χ3n) is 6.93. The molecular weight excluding hydrogens is 454 g/mol. The second-order valence-electron chi connectivity index (χ2n) is 9.19. The van der Waals surface area contributed by atoms with Crippen molar-refractivity contribution in [1.29, 1.82) is 0 Å². The average molecular weight is 484 g/mol. The number of benzene rings is 3. The summed E-state index contributed by atoms with van der Waals surface area (Å²) >= 11 is 0. The molecule has 0 saturated carbocycles. The third kappa shape index (κ3) is 4.26. The molecule has 2 aliphatic rings. The zero-order valence-electron chi connectivity index (χ0n) is 20.4. The van der Waals surface area contributed by atoms with E-state index in [1.807, 2.05) is 53.4 Å². The lowest BCUT2D eigenvalue weighted by molar-refractivity contribution is -0.117. The monoisotopic (exact) mass is 483 g/mol. The van der Waals surface area contributed by atoms with Crippen molar-refractivity contribution in [1.82, 2.24) is 9.55 Å². The van der Waals surface area contributed by atoms with Crippen molar-refractivity contribution < 1.29 is 19.0 Å². The van der Waals surface area contributed by atoms with Crippen LogP contribution in [0.2, 0.25) is 0 Å². The van der Waals surface area contributed by atoms with Crippen LogP contribution in [-0.4, -0.2) is 41.8 Å². The zero-order chi connectivity index (χ0) is 24.5. The fourth-order valence-corrected chi connectivity index (χ4v) is 5.05. The van der Waals surface area contributed by atoms with Gasteiger partial charge in [0.2, 0.25) is 5.91 Å². The van der Waals surface area contributed by atoms with Crippen molar-refractivity contribution in [3.8, 4) is 17.2 Å². The number of nitrogens with zero attached hydrogens (tertiary/aromatic N) is 3. The van der Waals surface area contributed by atoms with Gasteiger partial charge >= 0.3 is 0 Å². The Morgan fingerprint density at radius 2 is 1.81 bits per heavy atom. The summed E-state index contributed by atoms with van der Waals surface area (Å²) in [7, 11) is 0. The predicted molar refractivity (Wildman–Crippen MR) is 138 cm³/mol. The van der Waals surface area contributed by atoms with Crippen molar-refractivity contribution in [2.75, 3.05) is 31.3 Å². The Balaban J connectivity index is 1.23. The van der Waals surface area contributed by atoms with Crippen molar-refractivity contribution in [3.63, 3.8) is 0 Å². The van der Waals surface area contributed by atoms with Gasteiger partial charge in [-0.3, -0.25) is 4.79 Å². The molecule has 2 aliphatic heterocycles. The van der Waals surface area contributed by atoms with Gasteiger partial charge in [-0.25, -0.2) is 4.98 Å². The molecule has 7 heteroatoms. The number of amides is 1. The van der Waals surface area contributed by atoms with Crippen molar-refractivity contribution in [2.45, 2.75) is 32.2 Å². The van der Waals surface area contributed by atoms with E-state index in [9.17, 15) is 4.79 Å². The van der Waals surface area contributed by atoms with E-state index < -0.39 is 0 Å². The number of aromatic nitrogens is 2. The van der Waals surface area contributed by atoms with E-state index in [0.29, 0.717) is 45.1 Å². The van der Waals surface area contributed by atoms with Gasteiger partial charge in [0.05, 0.1) is 17.6 Å². The number of carbonyl (C=O) groups is 1. The highest BCUT2D eigenvalue weighted by molar-refractivity contribution is 5.97. The molecule has 1 saturated heterocycles. The van der Waals surface area contributed by atoms with Gasteiger partial charge in [-0.2, -0.15) is 0 Å². The van der Waals surface area contributed by atoms with Gasteiger partial charge in [0.15, 0.2) is 11.5 Å². The largest absolute Gasteiger partial charge is 0.492 e. The first-order chi connectivity index (χ1) is 17.7. The number of aryl methyl sites for hydroxylation is 1. The number of imidazole rings is 1. The Bertz CT molecular complexity index is 1400. The van der Waals surface area contributed by atoms with Crippen LogP contribution in [0.1, 0.15) is 30.7 Å². The highest BCUT2D eigenvalue weighted by atomic mass is 16.6. The first-order valence-electron chi connectivity index (χ1n) is 12.6. The van der Waals surface area contributed by atoms with Gasteiger partial charge in [-0.15, -0.1) is 0 Å². The summed E-state index contributed by atoms with van der Waals surface area (Å²) in [5.41, 5.74) is 4.11. The van der Waals surface area contributed by atoms with Gasteiger partial charge in [0.25, 0.3) is 0 Å². The Hall–Kier alpha value is -4.00. The molecule has 7 nitrogen and oxygen atoms in total. The lowest BCUT2D eigenvalue weighted by Gasteiger charge is -2.22. The second-order valence-corrected chi connectivity index (χ2v) is 9.19. The number of para-hydroxylation sites is 2. The maximum Gasteiger partial charge on any atom is 0.227 e. The predicted octanol–water partition coefficient (Wildman–Crippen LogP) is 4.97. The minimum absolute atomic E-state index is 0.0121. The molecule has 1 atom stereocenters. The van der Waals surface area contributed by atoms with E-state index in [2.05, 4.69) is 29.7 Å². The van der Waals surface area contributed by atoms with Crippen molar-refractivity contribution >= 4 is 22.6 Å². The molecule has 0 aliphatic carbocycles. The fourth-order valence-electron chi connectivity index (χ4n) is 5.05. The van der Waals surface area contributed by atoms with Gasteiger partial charge < -0.3 is 23.7 Å². The lowest BCUT2D eigenvalue weighted by Crippen LogP contribution is -2.25. The van der Waals surface area contributed by atoms with Crippen LogP contribution in [0, 0.1) is 0 Å². The average Bonchev–Trinajstić information content (AvgIpc) is 3.49. The van der Waals surface area contributed by atoms with E-state index in [-0.39, 0.29) is 11.8 Å². The summed E-state index contributed by atoms with van der Waals surface area (Å²) in [4.78, 5) is 19.9. The summed E-state index contributed by atoms with van der Waals surface area (Å²) in [5, 5.41) is 0. The van der Waals surface area contributed by atoms with E-state index in [1.165, 1.54) is 5.56 Å². The molecule has 1 amide bonds. The maximum atomic E-state index is 13.1. The number of hydrogen-bond acceptors (Lipinski definition) is 5. The molecule has 1 fully saturated rings. The number of hydrogen-bond donors (Lipinski definition) is 0. The maximum absolute atomic E-state index is 13.1. The smallest absolute Gasteiger partial charge is 0.227 e. The molecule has 0 spiro atoms. The highest BCUT2D eigenvalue weighted by Crippen LogP contribution is 2.38. The van der Waals surface area contributed by atoms with E-state index in [0.717, 1.165) is 40.5 Å². The molecule has 3 heterocycles. The van der Waals surface area contributed by atoms with E-state index >= 15 is 0 Å². The van der Waals surface area contributed by atoms with E-state index in [1.54, 1.807) is 0 Å². The molecule has 1 aromatic heterocycles. The summed E-state index contributed by atoms with van der Waals surface area (Å²) in [6.07, 6.45) is 1.42. The van der Waals surface area contributed by atoms with Crippen LogP contribution in [0.4, 0.5) is 5.69 Å². The number of fused-ring (bicyclic) bond motifs is 2. The SMILES string of the molecule is CCc1ccc(OCCn2c(C3CC(=O)N(c4ccc5c(c4)OCCO5)C3)nc3ccccc32)cc1. The molecular formula is C29H29N3O4. The lowest BCUT2D eigenvalue weighted by atomic mass is 10.1. The first kappa shape index (κ1) is 22.5. The summed E-state index contributed by atoms with van der Waals surface area (Å²) in [6.45, 7) is 4.94. The van der Waals surface area contributed by atoms with Gasteiger partial charge in [-0.05, 0) is 48.4 Å². The minimum Gasteiger partial charge on any atom is -0.492 e. The number of anilines is 1. The summed E-state index contributed by atoms with van der Waals surface area (Å²) in [5.74, 6) is 3.27. The van der Waals surface area contributed by atoms with Gasteiger partial charge in [-0.1, -0.05) is 31.2 Å². The second kappa shape index (κ2) is 9.57. The summed E-state index contributed by atoms with van der Waals surface area (Å²) in [6, 6.07) is 22.1. The molecule has 6 rings (SSSR count). The number of ether oxygens (including phenoxy) is 3. The van der Waals surface area contributed by atoms with Crippen LogP contribution in [0.15, 0.2) is 66.7 Å². The van der Waals surface area contributed by atoms with E-state index in [4.69, 9.17) is 19.2 Å². The zero-order valence-corrected chi connectivity index (χ0v) is 20.4. The Labute approximate surface area is 210 Å². The molecule has 0 bridgehead atoms. The molecule has 4 aromatic rings. The molecule has 3 aromatic carbocycles.